The number of ether oxygens (including phenoxy) is 1. The Hall–Kier alpha value is -1.29. The number of fused-ring (bicyclic) bond motifs is 1. The highest BCUT2D eigenvalue weighted by molar-refractivity contribution is 8.14. The Morgan fingerprint density at radius 3 is 2.02 bits per heavy atom. The van der Waals surface area contributed by atoms with Crippen LogP contribution in [-0.4, -0.2) is 78.1 Å². The van der Waals surface area contributed by atoms with Crippen LogP contribution in [0.4, 0.5) is 0 Å². The van der Waals surface area contributed by atoms with Gasteiger partial charge in [-0.05, 0) is 6.92 Å². The van der Waals surface area contributed by atoms with Crippen LogP contribution in [0.25, 0.3) is 0 Å². The SMILES string of the molecule is CC(C)(C)C(=O)SCCOP(=O)(OCCSC(=O)C(C)(C)C)OC[C@]12C[C@]1(O)[C@@](C)(O)[C@H](n1ccc(=O)[nH]c1=O)O2. The smallest absolute Gasteiger partial charge is 0.383 e. The zero-order valence-electron chi connectivity index (χ0n) is 24.3. The molecule has 1 aromatic rings. The number of nitrogens with zero attached hydrogens (tertiary/aromatic N) is 1. The summed E-state index contributed by atoms with van der Waals surface area (Å²) in [6, 6.07) is 1.07. The van der Waals surface area contributed by atoms with E-state index in [2.05, 4.69) is 4.98 Å². The fraction of sp³-hybridized carbons (Fsp3) is 0.760. The lowest BCUT2D eigenvalue weighted by Gasteiger charge is -2.31. The summed E-state index contributed by atoms with van der Waals surface area (Å²) in [6.07, 6.45) is -0.365. The van der Waals surface area contributed by atoms with Crippen molar-refractivity contribution in [2.75, 3.05) is 31.3 Å². The molecule has 1 saturated carbocycles. The molecule has 1 aliphatic carbocycles. The molecule has 0 bridgehead atoms. The van der Waals surface area contributed by atoms with Gasteiger partial charge in [0.1, 0.15) is 16.8 Å². The van der Waals surface area contributed by atoms with Crippen molar-refractivity contribution >= 4 is 41.6 Å². The average molecular weight is 639 g/mol. The lowest BCUT2D eigenvalue weighted by Crippen LogP contribution is -2.49. The predicted octanol–water partition coefficient (Wildman–Crippen LogP) is 2.46. The van der Waals surface area contributed by atoms with E-state index >= 15 is 0 Å². The number of nitrogens with one attached hydrogen (secondary N) is 1. The molecule has 0 amide bonds. The van der Waals surface area contributed by atoms with Gasteiger partial charge in [0.05, 0.1) is 19.8 Å². The molecule has 2 fully saturated rings. The van der Waals surface area contributed by atoms with Crippen molar-refractivity contribution in [3.63, 3.8) is 0 Å². The van der Waals surface area contributed by atoms with Crippen molar-refractivity contribution in [1.29, 1.82) is 0 Å². The van der Waals surface area contributed by atoms with Gasteiger partial charge in [0.25, 0.3) is 5.56 Å². The second kappa shape index (κ2) is 12.0. The largest absolute Gasteiger partial charge is 0.474 e. The van der Waals surface area contributed by atoms with Crippen LogP contribution >= 0.6 is 31.3 Å². The maximum atomic E-state index is 13.6. The van der Waals surface area contributed by atoms with Crippen molar-refractivity contribution in [2.24, 2.45) is 10.8 Å². The minimum absolute atomic E-state index is 0.0816. The third kappa shape index (κ3) is 7.44. The zero-order valence-corrected chi connectivity index (χ0v) is 26.8. The maximum Gasteiger partial charge on any atom is 0.474 e. The molecular formula is C25H39N2O11PS2. The van der Waals surface area contributed by atoms with Crippen LogP contribution in [0.3, 0.4) is 0 Å². The van der Waals surface area contributed by atoms with E-state index < -0.39 is 59.5 Å². The number of H-pyrrole nitrogens is 1. The van der Waals surface area contributed by atoms with Crippen LogP contribution in [0.15, 0.2) is 21.9 Å². The summed E-state index contributed by atoms with van der Waals surface area (Å²) >= 11 is 2.02. The zero-order chi connectivity index (χ0) is 31.1. The summed E-state index contributed by atoms with van der Waals surface area (Å²) in [5.41, 5.74) is -8.08. The van der Waals surface area contributed by atoms with Crippen molar-refractivity contribution < 1.29 is 42.7 Å². The maximum absolute atomic E-state index is 13.6. The Morgan fingerprint density at radius 2 is 1.56 bits per heavy atom. The molecule has 1 saturated heterocycles. The number of phosphoric ester groups is 1. The summed E-state index contributed by atoms with van der Waals surface area (Å²) in [4.78, 5) is 50.3. The number of carbonyl (C=O) groups excluding carboxylic acids is 2. The van der Waals surface area contributed by atoms with Gasteiger partial charge in [0.2, 0.25) is 0 Å². The molecule has 2 heterocycles. The Bertz CT molecular complexity index is 1280. The molecule has 16 heteroatoms. The van der Waals surface area contributed by atoms with Gasteiger partial charge < -0.3 is 14.9 Å². The van der Waals surface area contributed by atoms with E-state index in [1.807, 2.05) is 0 Å². The van der Waals surface area contributed by atoms with Crippen molar-refractivity contribution in [2.45, 2.75) is 77.9 Å². The van der Waals surface area contributed by atoms with Crippen molar-refractivity contribution in [1.82, 2.24) is 9.55 Å². The van der Waals surface area contributed by atoms with Crippen LogP contribution < -0.4 is 11.2 Å². The molecule has 0 spiro atoms. The number of aliphatic hydroxyl groups is 2. The quantitative estimate of drug-likeness (QED) is 0.224. The molecule has 0 unspecified atom stereocenters. The van der Waals surface area contributed by atoms with Crippen LogP contribution in [0, 0.1) is 10.8 Å². The van der Waals surface area contributed by atoms with Gasteiger partial charge in [-0.15, -0.1) is 0 Å². The van der Waals surface area contributed by atoms with E-state index in [0.29, 0.717) is 0 Å². The molecule has 4 atom stereocenters. The number of phosphoric acid groups is 1. The lowest BCUT2D eigenvalue weighted by atomic mass is 9.94. The standard InChI is InChI=1S/C25H39N2O11PS2/c1-21(2,3)18(29)40-12-10-35-39(34,36-11-13-41-19(30)22(4,5)6)37-15-24-14-25(24,33)23(7,32)17(38-24)27-9-8-16(28)26-20(27)31/h8-9,17,32-33H,10-15H2,1-7H3,(H,26,28,31)/t17-,23+,24-,25+/m1/s1. The van der Waals surface area contributed by atoms with Gasteiger partial charge >= 0.3 is 13.5 Å². The third-order valence-corrected chi connectivity index (χ3v) is 10.7. The predicted molar refractivity (Wildman–Crippen MR) is 154 cm³/mol. The number of thioether (sulfide) groups is 2. The van der Waals surface area contributed by atoms with Crippen LogP contribution in [0.5, 0.6) is 0 Å². The number of rotatable bonds is 12. The highest BCUT2D eigenvalue weighted by Crippen LogP contribution is 2.68. The summed E-state index contributed by atoms with van der Waals surface area (Å²) in [6.45, 7) is 11.1. The average Bonchev–Trinajstić information content (AvgIpc) is 3.41. The number of aromatic amines is 1. The van der Waals surface area contributed by atoms with E-state index in [1.165, 1.54) is 6.92 Å². The summed E-state index contributed by atoms with van der Waals surface area (Å²) in [7, 11) is -4.31. The number of carbonyl (C=O) groups is 2. The number of hydrogen-bond donors (Lipinski definition) is 3. The molecule has 232 valence electrons. The summed E-state index contributed by atoms with van der Waals surface area (Å²) in [5, 5.41) is 22.2. The molecule has 1 aromatic heterocycles. The molecule has 2 aliphatic rings. The molecule has 0 radical (unpaired) electrons. The Labute approximate surface area is 246 Å². The van der Waals surface area contributed by atoms with Crippen LogP contribution in [0.2, 0.25) is 0 Å². The molecule has 0 aromatic carbocycles. The minimum atomic E-state index is -4.31. The first kappa shape index (κ1) is 34.2. The first-order valence-electron chi connectivity index (χ1n) is 13.0. The van der Waals surface area contributed by atoms with Gasteiger partial charge in [-0.3, -0.25) is 37.5 Å². The van der Waals surface area contributed by atoms with Gasteiger partial charge in [0, 0.05) is 41.0 Å². The van der Waals surface area contributed by atoms with Crippen LogP contribution in [0.1, 0.15) is 61.1 Å². The molecule has 3 N–H and O–H groups in total. The Kier molecular flexibility index (Phi) is 10.0. The molecule has 13 nitrogen and oxygen atoms in total. The normalized spacial score (nSPS) is 28.0. The van der Waals surface area contributed by atoms with Crippen molar-refractivity contribution in [3.8, 4) is 0 Å². The van der Waals surface area contributed by atoms with E-state index in [-0.39, 0.29) is 41.4 Å². The van der Waals surface area contributed by atoms with Crippen LogP contribution in [-0.2, 0) is 32.5 Å². The highest BCUT2D eigenvalue weighted by Gasteiger charge is 2.84. The van der Waals surface area contributed by atoms with Crippen molar-refractivity contribution in [3.05, 3.63) is 33.1 Å². The van der Waals surface area contributed by atoms with E-state index in [4.69, 9.17) is 18.3 Å². The van der Waals surface area contributed by atoms with Gasteiger partial charge in [-0.2, -0.15) is 0 Å². The fourth-order valence-electron chi connectivity index (χ4n) is 4.12. The monoisotopic (exact) mass is 638 g/mol. The van der Waals surface area contributed by atoms with Gasteiger partial charge in [0.15, 0.2) is 16.5 Å². The second-order valence-corrected chi connectivity index (χ2v) is 16.1. The van der Waals surface area contributed by atoms with E-state index in [1.54, 1.807) is 41.5 Å². The fourth-order valence-corrected chi connectivity index (χ4v) is 7.16. The Morgan fingerprint density at radius 1 is 1.05 bits per heavy atom. The first-order valence-corrected chi connectivity index (χ1v) is 16.4. The summed E-state index contributed by atoms with van der Waals surface area (Å²) in [5.74, 6) is 0.336. The molecule has 3 rings (SSSR count). The number of aromatic nitrogens is 2. The topological polar surface area (TPSA) is 183 Å². The third-order valence-electron chi connectivity index (χ3n) is 6.74. The second-order valence-electron chi connectivity index (χ2n) is 12.3. The molecule has 41 heavy (non-hydrogen) atoms. The Balaban J connectivity index is 1.70. The number of hydrogen-bond acceptors (Lipinski definition) is 13. The van der Waals surface area contributed by atoms with E-state index in [0.717, 1.165) is 40.4 Å². The minimum Gasteiger partial charge on any atom is -0.383 e. The molecule has 1 aliphatic heterocycles. The highest BCUT2D eigenvalue weighted by atomic mass is 32.2. The van der Waals surface area contributed by atoms with E-state index in [9.17, 15) is 34.0 Å². The molecular weight excluding hydrogens is 599 g/mol. The van der Waals surface area contributed by atoms with Gasteiger partial charge in [-0.1, -0.05) is 65.1 Å². The van der Waals surface area contributed by atoms with Gasteiger partial charge in [-0.25, -0.2) is 9.36 Å². The lowest BCUT2D eigenvalue weighted by molar-refractivity contribution is -0.144. The first-order chi connectivity index (χ1) is 18.7. The summed E-state index contributed by atoms with van der Waals surface area (Å²) < 4.78 is 36.9.